The first-order valence-corrected chi connectivity index (χ1v) is 4.10. The van der Waals surface area contributed by atoms with Gasteiger partial charge in [-0.2, -0.15) is 0 Å². The molecule has 0 heterocycles. The van der Waals surface area contributed by atoms with E-state index in [0.717, 1.165) is 5.33 Å². The van der Waals surface area contributed by atoms with Crippen molar-refractivity contribution in [2.24, 2.45) is 0 Å². The van der Waals surface area contributed by atoms with Crippen molar-refractivity contribution < 1.29 is 5.11 Å². The molecule has 0 aliphatic carbocycles. The van der Waals surface area contributed by atoms with Crippen LogP contribution in [0.2, 0.25) is 0 Å². The molecule has 2 unspecified atom stereocenters. The van der Waals surface area contributed by atoms with E-state index < -0.39 is 0 Å². The average Bonchev–Trinajstić information content (AvgIpc) is 1.65. The molecule has 0 bridgehead atoms. The topological polar surface area (TPSA) is 20.2 Å². The molecule has 0 aromatic rings. The Labute approximate surface area is 60.4 Å². The highest BCUT2D eigenvalue weighted by Crippen LogP contribution is 2.07. The molecule has 0 spiro atoms. The summed E-state index contributed by atoms with van der Waals surface area (Å²) >= 11 is 6.45. The van der Waals surface area contributed by atoms with Gasteiger partial charge in [0, 0.05) is 10.2 Å². The van der Waals surface area contributed by atoms with E-state index in [1.165, 1.54) is 0 Å². The lowest BCUT2D eigenvalue weighted by molar-refractivity contribution is 0.200. The highest BCUT2D eigenvalue weighted by atomic mass is 79.9. The van der Waals surface area contributed by atoms with Crippen LogP contribution in [0.4, 0.5) is 0 Å². The minimum absolute atomic E-state index is 0.187. The fraction of sp³-hybridized carbons (Fsp3) is 1.00. The summed E-state index contributed by atoms with van der Waals surface area (Å²) in [5.41, 5.74) is 0. The van der Waals surface area contributed by atoms with E-state index in [9.17, 15) is 0 Å². The molecule has 0 aromatic heterocycles. The Kier molecular flexibility index (Phi) is 4.37. The second-order valence-electron chi connectivity index (χ2n) is 1.41. The minimum Gasteiger partial charge on any atom is -0.392 e. The summed E-state index contributed by atoms with van der Waals surface area (Å²) in [6.45, 7) is 1.75. The van der Waals surface area contributed by atoms with Crippen LogP contribution in [0, 0.1) is 0 Å². The number of hydrogen-bond acceptors (Lipinski definition) is 1. The molecule has 0 aliphatic heterocycles. The van der Waals surface area contributed by atoms with E-state index in [4.69, 9.17) is 5.11 Å². The molecule has 44 valence electrons. The third kappa shape index (κ3) is 3.50. The van der Waals surface area contributed by atoms with Gasteiger partial charge < -0.3 is 5.11 Å². The van der Waals surface area contributed by atoms with Gasteiger partial charge in [0.25, 0.3) is 0 Å². The van der Waals surface area contributed by atoms with Crippen LogP contribution in [0.15, 0.2) is 0 Å². The van der Waals surface area contributed by atoms with Gasteiger partial charge in [0.1, 0.15) is 0 Å². The highest BCUT2D eigenvalue weighted by molar-refractivity contribution is 9.12. The van der Waals surface area contributed by atoms with E-state index >= 15 is 0 Å². The Balaban J connectivity index is 3.14. The second kappa shape index (κ2) is 3.87. The molecule has 7 heavy (non-hydrogen) atoms. The molecule has 0 saturated carbocycles. The first-order chi connectivity index (χ1) is 3.18. The molecule has 0 rings (SSSR count). The van der Waals surface area contributed by atoms with Crippen LogP contribution in [-0.4, -0.2) is 21.4 Å². The van der Waals surface area contributed by atoms with E-state index in [1.54, 1.807) is 6.92 Å². The van der Waals surface area contributed by atoms with Crippen LogP contribution in [0.5, 0.6) is 0 Å². The molecule has 0 saturated heterocycles. The van der Waals surface area contributed by atoms with Crippen LogP contribution >= 0.6 is 31.9 Å². The summed E-state index contributed by atoms with van der Waals surface area (Å²) < 4.78 is 0. The zero-order chi connectivity index (χ0) is 5.86. The Hall–Kier alpha value is 0.920. The summed E-state index contributed by atoms with van der Waals surface area (Å²) in [4.78, 5) is 0.187. The van der Waals surface area contributed by atoms with Gasteiger partial charge in [-0.1, -0.05) is 31.9 Å². The van der Waals surface area contributed by atoms with Crippen molar-refractivity contribution in [1.29, 1.82) is 0 Å². The van der Waals surface area contributed by atoms with Gasteiger partial charge in [-0.25, -0.2) is 0 Å². The van der Waals surface area contributed by atoms with Gasteiger partial charge >= 0.3 is 0 Å². The highest BCUT2D eigenvalue weighted by Gasteiger charge is 2.06. The van der Waals surface area contributed by atoms with Crippen LogP contribution < -0.4 is 0 Å². The molecule has 0 amide bonds. The van der Waals surface area contributed by atoms with E-state index in [1.807, 2.05) is 0 Å². The Bertz CT molecular complexity index is 47.0. The van der Waals surface area contributed by atoms with Gasteiger partial charge in [-0.05, 0) is 6.92 Å². The summed E-state index contributed by atoms with van der Waals surface area (Å²) in [6.07, 6.45) is -0.264. The van der Waals surface area contributed by atoms with Crippen molar-refractivity contribution in [2.45, 2.75) is 17.9 Å². The first-order valence-electron chi connectivity index (χ1n) is 2.06. The maximum Gasteiger partial charge on any atom is 0.0645 e. The fourth-order valence-corrected chi connectivity index (χ4v) is 0.670. The standard InChI is InChI=1S/C4H8Br2O/c1-3(7)4(6)2-5/h3-4,7H,2H2,1H3. The molecule has 0 aromatic carbocycles. The van der Waals surface area contributed by atoms with Gasteiger partial charge in [0.2, 0.25) is 0 Å². The first kappa shape index (κ1) is 7.92. The molecule has 1 N–H and O–H groups in total. The van der Waals surface area contributed by atoms with Gasteiger partial charge in [0.15, 0.2) is 0 Å². The smallest absolute Gasteiger partial charge is 0.0645 e. The van der Waals surface area contributed by atoms with Crippen molar-refractivity contribution >= 4 is 31.9 Å². The summed E-state index contributed by atoms with van der Waals surface area (Å²) in [5.74, 6) is 0. The SMILES string of the molecule is CC(O)C(Br)CBr. The maximum atomic E-state index is 8.74. The normalized spacial score (nSPS) is 18.9. The number of aliphatic hydroxyl groups excluding tert-OH is 1. The molecule has 0 radical (unpaired) electrons. The number of hydrogen-bond donors (Lipinski definition) is 1. The molecular formula is C4H8Br2O. The van der Waals surface area contributed by atoms with E-state index in [2.05, 4.69) is 31.9 Å². The monoisotopic (exact) mass is 230 g/mol. The minimum atomic E-state index is -0.264. The van der Waals surface area contributed by atoms with Crippen molar-refractivity contribution in [1.82, 2.24) is 0 Å². The zero-order valence-electron chi connectivity index (χ0n) is 4.06. The largest absolute Gasteiger partial charge is 0.392 e. The van der Waals surface area contributed by atoms with Crippen LogP contribution in [0.1, 0.15) is 6.92 Å². The third-order valence-corrected chi connectivity index (χ3v) is 3.33. The zero-order valence-corrected chi connectivity index (χ0v) is 7.24. The molecular weight excluding hydrogens is 224 g/mol. The maximum absolute atomic E-state index is 8.74. The Morgan fingerprint density at radius 2 is 2.14 bits per heavy atom. The molecule has 2 atom stereocenters. The van der Waals surface area contributed by atoms with Crippen molar-refractivity contribution in [3.63, 3.8) is 0 Å². The summed E-state index contributed by atoms with van der Waals surface area (Å²) in [6, 6.07) is 0. The number of alkyl halides is 2. The quantitative estimate of drug-likeness (QED) is 0.715. The molecule has 0 aliphatic rings. The lowest BCUT2D eigenvalue weighted by Crippen LogP contribution is -2.16. The fourth-order valence-electron chi connectivity index (χ4n) is 0.129. The lowest BCUT2D eigenvalue weighted by atomic mass is 10.3. The predicted molar refractivity (Wildman–Crippen MR) is 38.2 cm³/mol. The van der Waals surface area contributed by atoms with Crippen molar-refractivity contribution in [3.8, 4) is 0 Å². The van der Waals surface area contributed by atoms with Crippen molar-refractivity contribution in [2.75, 3.05) is 5.33 Å². The van der Waals surface area contributed by atoms with Crippen LogP contribution in [0.3, 0.4) is 0 Å². The lowest BCUT2D eigenvalue weighted by Gasteiger charge is -2.06. The van der Waals surface area contributed by atoms with E-state index in [0.29, 0.717) is 0 Å². The number of aliphatic hydroxyl groups is 1. The summed E-state index contributed by atoms with van der Waals surface area (Å²) in [5, 5.41) is 9.54. The van der Waals surface area contributed by atoms with Gasteiger partial charge in [-0.15, -0.1) is 0 Å². The Morgan fingerprint density at radius 1 is 1.71 bits per heavy atom. The molecule has 0 fully saturated rings. The van der Waals surface area contributed by atoms with Crippen LogP contribution in [0.25, 0.3) is 0 Å². The van der Waals surface area contributed by atoms with Crippen LogP contribution in [-0.2, 0) is 0 Å². The summed E-state index contributed by atoms with van der Waals surface area (Å²) in [7, 11) is 0. The number of rotatable bonds is 2. The van der Waals surface area contributed by atoms with Gasteiger partial charge in [0.05, 0.1) is 6.10 Å². The van der Waals surface area contributed by atoms with Crippen molar-refractivity contribution in [3.05, 3.63) is 0 Å². The third-order valence-electron chi connectivity index (χ3n) is 0.671. The predicted octanol–water partition coefficient (Wildman–Crippen LogP) is 1.53. The molecule has 1 nitrogen and oxygen atoms in total. The number of halogens is 2. The Morgan fingerprint density at radius 3 is 2.14 bits per heavy atom. The van der Waals surface area contributed by atoms with E-state index in [-0.39, 0.29) is 10.9 Å². The second-order valence-corrected chi connectivity index (χ2v) is 3.23. The molecule has 3 heteroatoms. The van der Waals surface area contributed by atoms with Gasteiger partial charge in [-0.3, -0.25) is 0 Å². The average molecular weight is 232 g/mol.